The van der Waals surface area contributed by atoms with Crippen molar-refractivity contribution >= 4 is 5.91 Å². The lowest BCUT2D eigenvalue weighted by atomic mass is 10.00. The number of hydrogen-bond acceptors (Lipinski definition) is 7. The number of pyridine rings is 1. The Morgan fingerprint density at radius 2 is 2.12 bits per heavy atom. The van der Waals surface area contributed by atoms with Crippen molar-refractivity contribution < 1.29 is 9.32 Å². The molecule has 3 aromatic rings. The Bertz CT molecular complexity index is 909. The smallest absolute Gasteiger partial charge is 0.236 e. The van der Waals surface area contributed by atoms with Gasteiger partial charge in [-0.05, 0) is 19.1 Å². The van der Waals surface area contributed by atoms with Gasteiger partial charge in [0.15, 0.2) is 5.82 Å². The fourth-order valence-electron chi connectivity index (χ4n) is 2.97. The van der Waals surface area contributed by atoms with Gasteiger partial charge < -0.3 is 9.42 Å². The lowest BCUT2D eigenvalue weighted by Crippen LogP contribution is -2.37. The highest BCUT2D eigenvalue weighted by molar-refractivity contribution is 5.78. The Morgan fingerprint density at radius 3 is 2.88 bits per heavy atom. The summed E-state index contributed by atoms with van der Waals surface area (Å²) in [5.41, 5.74) is 3.78. The average Bonchev–Trinajstić information content (AvgIpc) is 3.06. The summed E-state index contributed by atoms with van der Waals surface area (Å²) in [6, 6.07) is 3.81. The van der Waals surface area contributed by atoms with E-state index < -0.39 is 0 Å². The first-order valence-corrected chi connectivity index (χ1v) is 8.01. The molecule has 0 bridgehead atoms. The summed E-state index contributed by atoms with van der Waals surface area (Å²) in [6.07, 6.45) is 5.84. The van der Waals surface area contributed by atoms with E-state index in [2.05, 4.69) is 25.1 Å². The Labute approximate surface area is 143 Å². The van der Waals surface area contributed by atoms with Crippen LogP contribution in [-0.2, 0) is 24.2 Å². The number of nitrogens with zero attached hydrogens (tertiary/aromatic N) is 6. The molecule has 8 heteroatoms. The highest BCUT2D eigenvalue weighted by Gasteiger charge is 2.25. The highest BCUT2D eigenvalue weighted by atomic mass is 16.5. The van der Waals surface area contributed by atoms with Gasteiger partial charge >= 0.3 is 0 Å². The third kappa shape index (κ3) is 3.10. The van der Waals surface area contributed by atoms with Crippen molar-refractivity contribution in [1.82, 2.24) is 30.0 Å². The lowest BCUT2D eigenvalue weighted by Gasteiger charge is -2.29. The molecule has 0 radical (unpaired) electrons. The number of aromatic nitrogens is 5. The van der Waals surface area contributed by atoms with E-state index in [4.69, 9.17) is 4.52 Å². The summed E-state index contributed by atoms with van der Waals surface area (Å²) in [5.74, 6) is 0.825. The van der Waals surface area contributed by atoms with Gasteiger partial charge in [0.25, 0.3) is 0 Å². The number of fused-ring (bicyclic) bond motifs is 1. The molecule has 8 nitrogen and oxygen atoms in total. The molecule has 1 aliphatic rings. The second-order valence-corrected chi connectivity index (χ2v) is 5.86. The van der Waals surface area contributed by atoms with Gasteiger partial charge in [0.05, 0.1) is 11.4 Å². The molecule has 4 heterocycles. The van der Waals surface area contributed by atoms with Crippen molar-refractivity contribution in [3.8, 4) is 11.3 Å². The average molecular weight is 336 g/mol. The summed E-state index contributed by atoms with van der Waals surface area (Å²) in [4.78, 5) is 31.3. The van der Waals surface area contributed by atoms with Crippen LogP contribution in [0.5, 0.6) is 0 Å². The van der Waals surface area contributed by atoms with Crippen LogP contribution in [0.3, 0.4) is 0 Å². The first-order chi connectivity index (χ1) is 12.2. The van der Waals surface area contributed by atoms with Gasteiger partial charge in [0, 0.05) is 43.0 Å². The normalized spacial score (nSPS) is 13.6. The number of carbonyl (C=O) groups is 1. The van der Waals surface area contributed by atoms with Crippen molar-refractivity contribution in [3.63, 3.8) is 0 Å². The minimum Gasteiger partial charge on any atom is -0.339 e. The van der Waals surface area contributed by atoms with Crippen LogP contribution in [0.2, 0.25) is 0 Å². The molecule has 4 rings (SSSR count). The van der Waals surface area contributed by atoms with Crippen LogP contribution in [-0.4, -0.2) is 42.4 Å². The first kappa shape index (κ1) is 15.4. The highest BCUT2D eigenvalue weighted by Crippen LogP contribution is 2.27. The number of carbonyl (C=O) groups excluding carboxylic acids is 1. The fraction of sp³-hybridized carbons (Fsp3) is 0.294. The predicted molar refractivity (Wildman–Crippen MR) is 87.1 cm³/mol. The zero-order valence-electron chi connectivity index (χ0n) is 13.7. The molecule has 0 atom stereocenters. The van der Waals surface area contributed by atoms with Crippen LogP contribution in [0.1, 0.15) is 23.0 Å². The molecule has 0 spiro atoms. The lowest BCUT2D eigenvalue weighted by molar-refractivity contribution is -0.131. The SMILES string of the molecule is Cc1noc(CC(=O)N2CCc3ncnc(-c4ccncc4)c3C2)n1. The third-order valence-corrected chi connectivity index (χ3v) is 4.18. The number of aryl methyl sites for hydroxylation is 1. The van der Waals surface area contributed by atoms with Gasteiger partial charge in [0.1, 0.15) is 12.7 Å². The van der Waals surface area contributed by atoms with Gasteiger partial charge in [-0.25, -0.2) is 9.97 Å². The molecule has 0 fully saturated rings. The molecule has 3 aromatic heterocycles. The van der Waals surface area contributed by atoms with E-state index in [1.807, 2.05) is 12.1 Å². The zero-order chi connectivity index (χ0) is 17.2. The summed E-state index contributed by atoms with van der Waals surface area (Å²) in [6.45, 7) is 2.82. The van der Waals surface area contributed by atoms with E-state index >= 15 is 0 Å². The van der Waals surface area contributed by atoms with Crippen molar-refractivity contribution in [1.29, 1.82) is 0 Å². The summed E-state index contributed by atoms with van der Waals surface area (Å²) in [7, 11) is 0. The molecule has 0 aromatic carbocycles. The van der Waals surface area contributed by atoms with Gasteiger partial charge in [-0.3, -0.25) is 9.78 Å². The van der Waals surface area contributed by atoms with Crippen molar-refractivity contribution in [2.75, 3.05) is 6.54 Å². The maximum atomic E-state index is 12.6. The Morgan fingerprint density at radius 1 is 1.28 bits per heavy atom. The van der Waals surface area contributed by atoms with Crippen LogP contribution in [0.4, 0.5) is 0 Å². The largest absolute Gasteiger partial charge is 0.339 e. The molecule has 0 unspecified atom stereocenters. The van der Waals surface area contributed by atoms with Crippen LogP contribution >= 0.6 is 0 Å². The van der Waals surface area contributed by atoms with E-state index in [0.29, 0.717) is 31.2 Å². The van der Waals surface area contributed by atoms with E-state index in [1.54, 1.807) is 30.5 Å². The molecule has 0 saturated heterocycles. The van der Waals surface area contributed by atoms with Crippen LogP contribution < -0.4 is 0 Å². The van der Waals surface area contributed by atoms with Crippen molar-refractivity contribution in [2.45, 2.75) is 26.3 Å². The third-order valence-electron chi connectivity index (χ3n) is 4.18. The Balaban J connectivity index is 1.59. The molecule has 1 amide bonds. The second-order valence-electron chi connectivity index (χ2n) is 5.86. The molecule has 1 aliphatic heterocycles. The molecule has 0 saturated carbocycles. The van der Waals surface area contributed by atoms with E-state index in [-0.39, 0.29) is 12.3 Å². The zero-order valence-corrected chi connectivity index (χ0v) is 13.7. The molecule has 25 heavy (non-hydrogen) atoms. The van der Waals surface area contributed by atoms with E-state index in [9.17, 15) is 4.79 Å². The van der Waals surface area contributed by atoms with Gasteiger partial charge in [-0.2, -0.15) is 4.98 Å². The van der Waals surface area contributed by atoms with Gasteiger partial charge in [0.2, 0.25) is 11.8 Å². The van der Waals surface area contributed by atoms with Crippen LogP contribution in [0, 0.1) is 6.92 Å². The second kappa shape index (κ2) is 6.39. The molecule has 0 aliphatic carbocycles. The fourth-order valence-corrected chi connectivity index (χ4v) is 2.97. The van der Waals surface area contributed by atoms with Crippen molar-refractivity contribution in [2.24, 2.45) is 0 Å². The van der Waals surface area contributed by atoms with Crippen molar-refractivity contribution in [3.05, 3.63) is 53.8 Å². The number of rotatable bonds is 3. The summed E-state index contributed by atoms with van der Waals surface area (Å²) in [5, 5.41) is 3.72. The monoisotopic (exact) mass is 336 g/mol. The summed E-state index contributed by atoms with van der Waals surface area (Å²) < 4.78 is 5.05. The first-order valence-electron chi connectivity index (χ1n) is 8.01. The minimum absolute atomic E-state index is 0.0427. The van der Waals surface area contributed by atoms with E-state index in [0.717, 1.165) is 22.5 Å². The number of amides is 1. The topological polar surface area (TPSA) is 97.9 Å². The Hall–Kier alpha value is -3.16. The van der Waals surface area contributed by atoms with E-state index in [1.165, 1.54) is 0 Å². The van der Waals surface area contributed by atoms with Gasteiger partial charge in [-0.1, -0.05) is 5.16 Å². The molecule has 0 N–H and O–H groups in total. The molecular formula is C17H16N6O2. The Kier molecular flexibility index (Phi) is 3.93. The minimum atomic E-state index is -0.0427. The quantitative estimate of drug-likeness (QED) is 0.712. The number of hydrogen-bond donors (Lipinski definition) is 0. The maximum absolute atomic E-state index is 12.6. The molecule has 126 valence electrons. The maximum Gasteiger partial charge on any atom is 0.236 e. The summed E-state index contributed by atoms with van der Waals surface area (Å²) >= 11 is 0. The molecular weight excluding hydrogens is 320 g/mol. The van der Waals surface area contributed by atoms with Gasteiger partial charge in [-0.15, -0.1) is 0 Å². The van der Waals surface area contributed by atoms with Crippen LogP contribution in [0.25, 0.3) is 11.3 Å². The predicted octanol–water partition coefficient (Wildman–Crippen LogP) is 1.36. The van der Waals surface area contributed by atoms with Crippen LogP contribution in [0.15, 0.2) is 35.4 Å². The standard InChI is InChI=1S/C17H16N6O2/c1-11-21-15(25-22-11)8-16(24)23-7-4-14-13(9-23)17(20-10-19-14)12-2-5-18-6-3-12/h2-3,5-6,10H,4,7-9H2,1H3.